The van der Waals surface area contributed by atoms with Gasteiger partial charge in [-0.25, -0.2) is 0 Å². The normalized spacial score (nSPS) is 25.5. The van der Waals surface area contributed by atoms with E-state index in [2.05, 4.69) is 12.2 Å². The molecule has 2 rings (SSSR count). The lowest BCUT2D eigenvalue weighted by Gasteiger charge is -2.19. The zero-order valence-corrected chi connectivity index (χ0v) is 9.84. The van der Waals surface area contributed by atoms with Gasteiger partial charge in [-0.3, -0.25) is 0 Å². The van der Waals surface area contributed by atoms with Gasteiger partial charge in [0.25, 0.3) is 0 Å². The molecule has 0 aromatic heterocycles. The van der Waals surface area contributed by atoms with Gasteiger partial charge in [-0.15, -0.1) is 0 Å². The number of nitrogens with one attached hydrogen (secondary N) is 1. The Labute approximate surface area is 95.6 Å². The third-order valence-electron chi connectivity index (χ3n) is 3.13. The van der Waals surface area contributed by atoms with Crippen molar-refractivity contribution in [3.8, 4) is 5.75 Å². The van der Waals surface area contributed by atoms with Gasteiger partial charge in [0.15, 0.2) is 0 Å². The van der Waals surface area contributed by atoms with Crippen LogP contribution in [0, 0.1) is 0 Å². The number of benzene rings is 1. The first-order valence-corrected chi connectivity index (χ1v) is 5.67. The van der Waals surface area contributed by atoms with E-state index in [-0.39, 0.29) is 0 Å². The Kier molecular flexibility index (Phi) is 3.17. The van der Waals surface area contributed by atoms with Crippen molar-refractivity contribution in [2.45, 2.75) is 25.3 Å². The number of halogens is 1. The molecule has 2 atom stereocenters. The van der Waals surface area contributed by atoms with Crippen LogP contribution >= 0.6 is 11.6 Å². The molecule has 1 saturated heterocycles. The van der Waals surface area contributed by atoms with Crippen LogP contribution in [-0.4, -0.2) is 19.7 Å². The third-order valence-corrected chi connectivity index (χ3v) is 3.46. The summed E-state index contributed by atoms with van der Waals surface area (Å²) in [5.41, 5.74) is 1.15. The average molecular weight is 226 g/mol. The van der Waals surface area contributed by atoms with Crippen LogP contribution in [0.5, 0.6) is 5.75 Å². The second kappa shape index (κ2) is 4.42. The Morgan fingerprint density at radius 3 is 2.87 bits per heavy atom. The topological polar surface area (TPSA) is 21.3 Å². The first-order chi connectivity index (χ1) is 7.24. The summed E-state index contributed by atoms with van der Waals surface area (Å²) in [4.78, 5) is 0. The fourth-order valence-electron chi connectivity index (χ4n) is 2.31. The largest absolute Gasteiger partial charge is 0.496 e. The van der Waals surface area contributed by atoms with E-state index >= 15 is 0 Å². The van der Waals surface area contributed by atoms with Crippen molar-refractivity contribution in [3.63, 3.8) is 0 Å². The summed E-state index contributed by atoms with van der Waals surface area (Å²) >= 11 is 6.25. The lowest BCUT2D eigenvalue weighted by molar-refractivity contribution is 0.403. The molecule has 2 nitrogen and oxygen atoms in total. The van der Waals surface area contributed by atoms with Crippen molar-refractivity contribution >= 4 is 11.6 Å². The smallest absolute Gasteiger partial charge is 0.123 e. The summed E-state index contributed by atoms with van der Waals surface area (Å²) in [5, 5.41) is 4.25. The van der Waals surface area contributed by atoms with E-state index in [1.807, 2.05) is 18.2 Å². The maximum absolute atomic E-state index is 6.25. The summed E-state index contributed by atoms with van der Waals surface area (Å²) in [7, 11) is 1.70. The molecule has 3 heteroatoms. The molecule has 0 radical (unpaired) electrons. The van der Waals surface area contributed by atoms with Crippen molar-refractivity contribution in [1.29, 1.82) is 0 Å². The van der Waals surface area contributed by atoms with Gasteiger partial charge in [-0.1, -0.05) is 17.7 Å². The molecular weight excluding hydrogens is 210 g/mol. The minimum Gasteiger partial charge on any atom is -0.496 e. The van der Waals surface area contributed by atoms with Gasteiger partial charge < -0.3 is 10.1 Å². The molecule has 0 spiro atoms. The quantitative estimate of drug-likeness (QED) is 0.836. The van der Waals surface area contributed by atoms with Gasteiger partial charge in [-0.2, -0.15) is 0 Å². The summed E-state index contributed by atoms with van der Waals surface area (Å²) in [6.45, 7) is 3.25. The Morgan fingerprint density at radius 1 is 1.47 bits per heavy atom. The van der Waals surface area contributed by atoms with Gasteiger partial charge in [0.1, 0.15) is 5.75 Å². The summed E-state index contributed by atoms with van der Waals surface area (Å²) < 4.78 is 5.37. The number of hydrogen-bond donors (Lipinski definition) is 1. The molecule has 82 valence electrons. The highest BCUT2D eigenvalue weighted by Gasteiger charge is 2.28. The Hall–Kier alpha value is -0.730. The number of ether oxygens (including phenoxy) is 1. The first-order valence-electron chi connectivity index (χ1n) is 5.30. The highest BCUT2D eigenvalue weighted by molar-refractivity contribution is 6.31. The average Bonchev–Trinajstić information content (AvgIpc) is 2.64. The maximum Gasteiger partial charge on any atom is 0.123 e. The monoisotopic (exact) mass is 225 g/mol. The Bertz CT molecular complexity index is 353. The van der Waals surface area contributed by atoms with Crippen molar-refractivity contribution in [2.75, 3.05) is 13.7 Å². The predicted octanol–water partition coefficient (Wildman–Crippen LogP) is 2.81. The van der Waals surface area contributed by atoms with Crippen LogP contribution < -0.4 is 10.1 Å². The van der Waals surface area contributed by atoms with Crippen LogP contribution in [0.2, 0.25) is 5.02 Å². The zero-order valence-electron chi connectivity index (χ0n) is 9.09. The van der Waals surface area contributed by atoms with Gasteiger partial charge in [0, 0.05) is 22.5 Å². The van der Waals surface area contributed by atoms with E-state index in [4.69, 9.17) is 16.3 Å². The van der Waals surface area contributed by atoms with Crippen LogP contribution in [0.15, 0.2) is 18.2 Å². The van der Waals surface area contributed by atoms with E-state index < -0.39 is 0 Å². The molecule has 2 unspecified atom stereocenters. The minimum atomic E-state index is 0.466. The van der Waals surface area contributed by atoms with Crippen LogP contribution in [0.4, 0.5) is 0 Å². The molecule has 1 N–H and O–H groups in total. The Balaban J connectivity index is 2.41. The molecule has 1 aromatic rings. The van der Waals surface area contributed by atoms with Crippen molar-refractivity contribution in [1.82, 2.24) is 5.32 Å². The standard InChI is InChI=1S/C12H16ClNO/c1-8-9(6-7-14-8)12-10(13)4-3-5-11(12)15-2/h3-5,8-9,14H,6-7H2,1-2H3. The molecule has 0 amide bonds. The molecule has 0 bridgehead atoms. The summed E-state index contributed by atoms with van der Waals surface area (Å²) in [6, 6.07) is 6.31. The number of rotatable bonds is 2. The van der Waals surface area contributed by atoms with Crippen LogP contribution in [0.3, 0.4) is 0 Å². The molecule has 0 aliphatic carbocycles. The summed E-state index contributed by atoms with van der Waals surface area (Å²) in [5.74, 6) is 1.37. The van der Waals surface area contributed by atoms with Crippen molar-refractivity contribution in [3.05, 3.63) is 28.8 Å². The van der Waals surface area contributed by atoms with Gasteiger partial charge in [0.2, 0.25) is 0 Å². The maximum atomic E-state index is 6.25. The molecule has 1 aromatic carbocycles. The second-order valence-corrected chi connectivity index (χ2v) is 4.40. The molecule has 1 heterocycles. The van der Waals surface area contributed by atoms with Gasteiger partial charge in [-0.05, 0) is 32.0 Å². The number of methoxy groups -OCH3 is 1. The fourth-order valence-corrected chi connectivity index (χ4v) is 2.61. The minimum absolute atomic E-state index is 0.466. The SMILES string of the molecule is COc1cccc(Cl)c1C1CCNC1C. The third kappa shape index (κ3) is 1.97. The molecule has 1 aliphatic heterocycles. The lowest BCUT2D eigenvalue weighted by atomic mass is 9.92. The summed E-state index contributed by atoms with van der Waals surface area (Å²) in [6.07, 6.45) is 1.13. The number of hydrogen-bond acceptors (Lipinski definition) is 2. The van der Waals surface area contributed by atoms with E-state index in [9.17, 15) is 0 Å². The van der Waals surface area contributed by atoms with Crippen LogP contribution in [-0.2, 0) is 0 Å². The van der Waals surface area contributed by atoms with Gasteiger partial charge in [0.05, 0.1) is 7.11 Å². The highest BCUT2D eigenvalue weighted by Crippen LogP contribution is 2.38. The highest BCUT2D eigenvalue weighted by atomic mass is 35.5. The predicted molar refractivity (Wildman–Crippen MR) is 62.8 cm³/mol. The van der Waals surface area contributed by atoms with E-state index in [0.29, 0.717) is 12.0 Å². The molecular formula is C12H16ClNO. The molecule has 0 saturated carbocycles. The van der Waals surface area contributed by atoms with Crippen molar-refractivity contribution < 1.29 is 4.74 Å². The Morgan fingerprint density at radius 2 is 2.27 bits per heavy atom. The van der Waals surface area contributed by atoms with E-state index in [0.717, 1.165) is 29.3 Å². The van der Waals surface area contributed by atoms with Crippen molar-refractivity contribution in [2.24, 2.45) is 0 Å². The van der Waals surface area contributed by atoms with Crippen LogP contribution in [0.25, 0.3) is 0 Å². The second-order valence-electron chi connectivity index (χ2n) is 3.99. The molecule has 1 fully saturated rings. The van der Waals surface area contributed by atoms with E-state index in [1.54, 1.807) is 7.11 Å². The van der Waals surface area contributed by atoms with E-state index in [1.165, 1.54) is 0 Å². The fraction of sp³-hybridized carbons (Fsp3) is 0.500. The molecule has 15 heavy (non-hydrogen) atoms. The van der Waals surface area contributed by atoms with Gasteiger partial charge >= 0.3 is 0 Å². The zero-order chi connectivity index (χ0) is 10.8. The first kappa shape index (κ1) is 10.8. The molecule has 1 aliphatic rings. The van der Waals surface area contributed by atoms with Crippen LogP contribution in [0.1, 0.15) is 24.8 Å². The lowest BCUT2D eigenvalue weighted by Crippen LogP contribution is -2.22.